The standard InChI is InChI=1S/C13H24N4/c1-11(2)9-14-10-12-5-4-7-17(12)13-15-6-8-16(13)3/h6,8,11-12,14H,4-5,7,9-10H2,1-3H3. The van der Waals surface area contributed by atoms with Gasteiger partial charge in [0.2, 0.25) is 5.95 Å². The van der Waals surface area contributed by atoms with E-state index in [1.807, 2.05) is 12.4 Å². The van der Waals surface area contributed by atoms with Crippen LogP contribution in [0.25, 0.3) is 0 Å². The quantitative estimate of drug-likeness (QED) is 0.843. The first-order chi connectivity index (χ1) is 8.18. The van der Waals surface area contributed by atoms with Gasteiger partial charge in [0.15, 0.2) is 0 Å². The highest BCUT2D eigenvalue weighted by molar-refractivity contribution is 5.34. The van der Waals surface area contributed by atoms with Crippen LogP contribution in [0.1, 0.15) is 26.7 Å². The second-order valence-electron chi connectivity index (χ2n) is 5.38. The average Bonchev–Trinajstić information content (AvgIpc) is 2.86. The third-order valence-electron chi connectivity index (χ3n) is 3.36. The minimum Gasteiger partial charge on any atom is -0.338 e. The molecule has 1 atom stereocenters. The summed E-state index contributed by atoms with van der Waals surface area (Å²) in [6, 6.07) is 0.606. The fourth-order valence-corrected chi connectivity index (χ4v) is 2.48. The lowest BCUT2D eigenvalue weighted by molar-refractivity contribution is 0.508. The number of hydrogen-bond acceptors (Lipinski definition) is 3. The van der Waals surface area contributed by atoms with Crippen molar-refractivity contribution in [3.8, 4) is 0 Å². The zero-order valence-corrected chi connectivity index (χ0v) is 11.2. The summed E-state index contributed by atoms with van der Waals surface area (Å²) in [5.74, 6) is 1.83. The van der Waals surface area contributed by atoms with Crippen molar-refractivity contribution in [2.75, 3.05) is 24.5 Å². The van der Waals surface area contributed by atoms with Crippen LogP contribution < -0.4 is 10.2 Å². The number of hydrogen-bond donors (Lipinski definition) is 1. The van der Waals surface area contributed by atoms with Crippen molar-refractivity contribution in [1.29, 1.82) is 0 Å². The van der Waals surface area contributed by atoms with Crippen molar-refractivity contribution >= 4 is 5.95 Å². The van der Waals surface area contributed by atoms with Crippen LogP contribution in [0.2, 0.25) is 0 Å². The number of rotatable bonds is 5. The Balaban J connectivity index is 1.91. The normalized spacial score (nSPS) is 20.5. The van der Waals surface area contributed by atoms with Gasteiger partial charge in [0.1, 0.15) is 0 Å². The molecule has 1 aliphatic rings. The molecule has 0 aromatic carbocycles. The minimum atomic E-state index is 0.606. The van der Waals surface area contributed by atoms with E-state index in [0.717, 1.165) is 31.5 Å². The molecule has 2 heterocycles. The van der Waals surface area contributed by atoms with E-state index >= 15 is 0 Å². The molecule has 1 saturated heterocycles. The molecular weight excluding hydrogens is 212 g/mol. The van der Waals surface area contributed by atoms with Crippen LogP contribution in [0.4, 0.5) is 5.95 Å². The van der Waals surface area contributed by atoms with Crippen LogP contribution in [0.5, 0.6) is 0 Å². The van der Waals surface area contributed by atoms with Gasteiger partial charge in [0.25, 0.3) is 0 Å². The van der Waals surface area contributed by atoms with Gasteiger partial charge >= 0.3 is 0 Å². The Morgan fingerprint density at radius 3 is 3.00 bits per heavy atom. The van der Waals surface area contributed by atoms with Crippen molar-refractivity contribution in [3.05, 3.63) is 12.4 Å². The van der Waals surface area contributed by atoms with Gasteiger partial charge in [-0.2, -0.15) is 0 Å². The van der Waals surface area contributed by atoms with Gasteiger partial charge in [-0.1, -0.05) is 13.8 Å². The van der Waals surface area contributed by atoms with Crippen LogP contribution in [-0.4, -0.2) is 35.2 Å². The van der Waals surface area contributed by atoms with Crippen molar-refractivity contribution in [1.82, 2.24) is 14.9 Å². The summed E-state index contributed by atoms with van der Waals surface area (Å²) in [5.41, 5.74) is 0. The summed E-state index contributed by atoms with van der Waals surface area (Å²) in [6.45, 7) is 7.81. The van der Waals surface area contributed by atoms with Crippen molar-refractivity contribution in [2.24, 2.45) is 13.0 Å². The smallest absolute Gasteiger partial charge is 0.205 e. The van der Waals surface area contributed by atoms with Crippen molar-refractivity contribution < 1.29 is 0 Å². The molecule has 17 heavy (non-hydrogen) atoms. The molecule has 1 unspecified atom stereocenters. The summed E-state index contributed by atoms with van der Waals surface area (Å²) >= 11 is 0. The lowest BCUT2D eigenvalue weighted by atomic mass is 10.2. The van der Waals surface area contributed by atoms with Crippen LogP contribution >= 0.6 is 0 Å². The maximum atomic E-state index is 4.45. The summed E-state index contributed by atoms with van der Waals surface area (Å²) < 4.78 is 2.11. The molecule has 0 saturated carbocycles. The first-order valence-electron chi connectivity index (χ1n) is 6.63. The van der Waals surface area contributed by atoms with E-state index in [-0.39, 0.29) is 0 Å². The number of nitrogens with zero attached hydrogens (tertiary/aromatic N) is 3. The molecule has 4 nitrogen and oxygen atoms in total. The summed E-state index contributed by atoms with van der Waals surface area (Å²) in [5, 5.41) is 3.56. The van der Waals surface area contributed by atoms with Gasteiger partial charge in [-0.15, -0.1) is 0 Å². The third kappa shape index (κ3) is 3.00. The van der Waals surface area contributed by atoms with Gasteiger partial charge in [0.05, 0.1) is 0 Å². The summed E-state index contributed by atoms with van der Waals surface area (Å²) in [6.07, 6.45) is 6.46. The Kier molecular flexibility index (Phi) is 4.05. The van der Waals surface area contributed by atoms with Crippen LogP contribution in [0.15, 0.2) is 12.4 Å². The Bertz CT molecular complexity index is 345. The molecule has 0 amide bonds. The Labute approximate surface area is 104 Å². The van der Waals surface area contributed by atoms with E-state index in [2.05, 4.69) is 40.7 Å². The monoisotopic (exact) mass is 236 g/mol. The molecule has 1 aromatic heterocycles. The van der Waals surface area contributed by atoms with Crippen molar-refractivity contribution in [2.45, 2.75) is 32.7 Å². The molecule has 2 rings (SSSR count). The second kappa shape index (κ2) is 5.54. The Morgan fingerprint density at radius 2 is 2.35 bits per heavy atom. The van der Waals surface area contributed by atoms with Crippen LogP contribution in [-0.2, 0) is 7.05 Å². The summed E-state index contributed by atoms with van der Waals surface area (Å²) in [4.78, 5) is 6.89. The number of aromatic nitrogens is 2. The van der Waals surface area contributed by atoms with Crippen LogP contribution in [0, 0.1) is 5.92 Å². The van der Waals surface area contributed by atoms with E-state index in [4.69, 9.17) is 0 Å². The molecule has 1 fully saturated rings. The highest BCUT2D eigenvalue weighted by Crippen LogP contribution is 2.22. The topological polar surface area (TPSA) is 33.1 Å². The van der Waals surface area contributed by atoms with Crippen molar-refractivity contribution in [3.63, 3.8) is 0 Å². The van der Waals surface area contributed by atoms with E-state index in [0.29, 0.717) is 6.04 Å². The Morgan fingerprint density at radius 1 is 1.53 bits per heavy atom. The second-order valence-corrected chi connectivity index (χ2v) is 5.38. The van der Waals surface area contributed by atoms with E-state index in [9.17, 15) is 0 Å². The van der Waals surface area contributed by atoms with Gasteiger partial charge in [0, 0.05) is 38.6 Å². The number of imidazole rings is 1. The van der Waals surface area contributed by atoms with Gasteiger partial charge in [-0.3, -0.25) is 0 Å². The first-order valence-corrected chi connectivity index (χ1v) is 6.63. The molecule has 0 aliphatic carbocycles. The lowest BCUT2D eigenvalue weighted by Crippen LogP contribution is -2.40. The van der Waals surface area contributed by atoms with Gasteiger partial charge in [-0.05, 0) is 25.3 Å². The number of nitrogens with one attached hydrogen (secondary N) is 1. The first kappa shape index (κ1) is 12.4. The van der Waals surface area contributed by atoms with Gasteiger partial charge in [-0.25, -0.2) is 4.98 Å². The molecule has 0 spiro atoms. The number of aryl methyl sites for hydroxylation is 1. The molecule has 4 heteroatoms. The van der Waals surface area contributed by atoms with Crippen LogP contribution in [0.3, 0.4) is 0 Å². The number of anilines is 1. The lowest BCUT2D eigenvalue weighted by Gasteiger charge is -2.26. The molecule has 1 aromatic rings. The molecule has 1 N–H and O–H groups in total. The van der Waals surface area contributed by atoms with Gasteiger partial charge < -0.3 is 14.8 Å². The zero-order valence-electron chi connectivity index (χ0n) is 11.2. The minimum absolute atomic E-state index is 0.606. The third-order valence-corrected chi connectivity index (χ3v) is 3.36. The summed E-state index contributed by atoms with van der Waals surface area (Å²) in [7, 11) is 2.07. The van der Waals surface area contributed by atoms with E-state index in [1.165, 1.54) is 12.8 Å². The molecule has 96 valence electrons. The molecule has 0 bridgehead atoms. The maximum absolute atomic E-state index is 4.45. The largest absolute Gasteiger partial charge is 0.338 e. The Hall–Kier alpha value is -1.03. The fraction of sp³-hybridized carbons (Fsp3) is 0.769. The highest BCUT2D eigenvalue weighted by Gasteiger charge is 2.26. The molecule has 0 radical (unpaired) electrons. The highest BCUT2D eigenvalue weighted by atomic mass is 15.3. The predicted molar refractivity (Wildman–Crippen MR) is 71.3 cm³/mol. The van der Waals surface area contributed by atoms with E-state index in [1.54, 1.807) is 0 Å². The molecular formula is C13H24N4. The van der Waals surface area contributed by atoms with E-state index < -0.39 is 0 Å². The average molecular weight is 236 g/mol. The SMILES string of the molecule is CC(C)CNCC1CCCN1c1nccn1C. The predicted octanol–water partition coefficient (Wildman–Crippen LogP) is 1.63. The maximum Gasteiger partial charge on any atom is 0.205 e. The fourth-order valence-electron chi connectivity index (χ4n) is 2.48. The molecule has 1 aliphatic heterocycles. The zero-order chi connectivity index (χ0) is 12.3.